The summed E-state index contributed by atoms with van der Waals surface area (Å²) in [4.78, 5) is 0. The van der Waals surface area contributed by atoms with Crippen LogP contribution in [0.1, 0.15) is 46.5 Å². The highest BCUT2D eigenvalue weighted by atomic mass is 19.4. The summed E-state index contributed by atoms with van der Waals surface area (Å²) in [5.74, 6) is 0.613. The van der Waals surface area contributed by atoms with E-state index in [0.717, 1.165) is 18.4 Å². The van der Waals surface area contributed by atoms with E-state index in [1.807, 2.05) is 6.08 Å². The zero-order valence-corrected chi connectivity index (χ0v) is 9.12. The Balaban J connectivity index is 3.68. The first-order chi connectivity index (χ1) is 6.31. The van der Waals surface area contributed by atoms with Crippen molar-refractivity contribution in [3.05, 3.63) is 11.6 Å². The van der Waals surface area contributed by atoms with Crippen molar-refractivity contribution in [3.63, 3.8) is 0 Å². The van der Waals surface area contributed by atoms with Gasteiger partial charge in [-0.1, -0.05) is 25.5 Å². The molecule has 0 rings (SSSR count). The summed E-state index contributed by atoms with van der Waals surface area (Å²) in [5.41, 5.74) is 0.850. The SMILES string of the molecule is C/C(=C/CCC(C)C)CCC(F)(F)F. The number of hydrogen-bond acceptors (Lipinski definition) is 0. The van der Waals surface area contributed by atoms with Crippen LogP contribution in [0.15, 0.2) is 11.6 Å². The molecule has 0 aromatic carbocycles. The van der Waals surface area contributed by atoms with Crippen LogP contribution in [0.25, 0.3) is 0 Å². The Morgan fingerprint density at radius 1 is 1.29 bits per heavy atom. The Morgan fingerprint density at radius 2 is 1.86 bits per heavy atom. The van der Waals surface area contributed by atoms with Gasteiger partial charge in [0.15, 0.2) is 0 Å². The highest BCUT2D eigenvalue weighted by Gasteiger charge is 2.26. The van der Waals surface area contributed by atoms with Gasteiger partial charge in [0.1, 0.15) is 0 Å². The van der Waals surface area contributed by atoms with Crippen molar-refractivity contribution in [1.29, 1.82) is 0 Å². The molecule has 0 aliphatic heterocycles. The third-order valence-electron chi connectivity index (χ3n) is 2.04. The van der Waals surface area contributed by atoms with E-state index in [0.29, 0.717) is 5.92 Å². The average Bonchev–Trinajstić information content (AvgIpc) is 1.99. The molecule has 84 valence electrons. The highest BCUT2D eigenvalue weighted by Crippen LogP contribution is 2.24. The lowest BCUT2D eigenvalue weighted by molar-refractivity contribution is -0.133. The molecule has 0 spiro atoms. The third kappa shape index (κ3) is 9.62. The van der Waals surface area contributed by atoms with Gasteiger partial charge in [-0.15, -0.1) is 0 Å². The summed E-state index contributed by atoms with van der Waals surface area (Å²) < 4.78 is 35.5. The maximum atomic E-state index is 11.8. The molecule has 0 heterocycles. The summed E-state index contributed by atoms with van der Waals surface area (Å²) in [6, 6.07) is 0. The lowest BCUT2D eigenvalue weighted by Crippen LogP contribution is -2.06. The van der Waals surface area contributed by atoms with Gasteiger partial charge in [-0.2, -0.15) is 13.2 Å². The van der Waals surface area contributed by atoms with Crippen molar-refractivity contribution in [1.82, 2.24) is 0 Å². The summed E-state index contributed by atoms with van der Waals surface area (Å²) >= 11 is 0. The minimum Gasteiger partial charge on any atom is -0.171 e. The van der Waals surface area contributed by atoms with Crippen molar-refractivity contribution in [2.45, 2.75) is 52.6 Å². The molecule has 0 aromatic heterocycles. The van der Waals surface area contributed by atoms with Crippen LogP contribution in [0, 0.1) is 5.92 Å². The van der Waals surface area contributed by atoms with Crippen molar-refractivity contribution in [2.24, 2.45) is 5.92 Å². The van der Waals surface area contributed by atoms with Gasteiger partial charge in [0.05, 0.1) is 0 Å². The van der Waals surface area contributed by atoms with E-state index in [1.54, 1.807) is 6.92 Å². The maximum Gasteiger partial charge on any atom is 0.389 e. The zero-order valence-electron chi connectivity index (χ0n) is 9.12. The Kier molecular flexibility index (Phi) is 5.89. The predicted octanol–water partition coefficient (Wildman–Crippen LogP) is 4.71. The van der Waals surface area contributed by atoms with E-state index in [4.69, 9.17) is 0 Å². The number of halogens is 3. The normalized spacial score (nSPS) is 13.8. The smallest absolute Gasteiger partial charge is 0.171 e. The second-order valence-electron chi connectivity index (χ2n) is 4.14. The molecule has 3 heteroatoms. The van der Waals surface area contributed by atoms with Gasteiger partial charge in [-0.3, -0.25) is 0 Å². The van der Waals surface area contributed by atoms with Crippen LogP contribution in [0.4, 0.5) is 13.2 Å². The Bertz CT molecular complexity index is 177. The van der Waals surface area contributed by atoms with Crippen molar-refractivity contribution in [3.8, 4) is 0 Å². The van der Waals surface area contributed by atoms with Crippen LogP contribution in [-0.4, -0.2) is 6.18 Å². The number of hydrogen-bond donors (Lipinski definition) is 0. The van der Waals surface area contributed by atoms with Crippen molar-refractivity contribution in [2.75, 3.05) is 0 Å². The first-order valence-corrected chi connectivity index (χ1v) is 5.03. The molecule has 0 fully saturated rings. The number of allylic oxidation sites excluding steroid dienone is 2. The van der Waals surface area contributed by atoms with Crippen molar-refractivity contribution < 1.29 is 13.2 Å². The summed E-state index contributed by atoms with van der Waals surface area (Å²) in [6.45, 7) is 5.99. The van der Waals surface area contributed by atoms with E-state index in [2.05, 4.69) is 13.8 Å². The average molecular weight is 208 g/mol. The molecule has 0 amide bonds. The molecule has 0 aliphatic rings. The van der Waals surface area contributed by atoms with E-state index >= 15 is 0 Å². The lowest BCUT2D eigenvalue weighted by atomic mass is 10.0. The molecule has 14 heavy (non-hydrogen) atoms. The molecular formula is C11H19F3. The molecule has 0 saturated carbocycles. The van der Waals surface area contributed by atoms with Crippen LogP contribution in [0.2, 0.25) is 0 Å². The molecule has 0 unspecified atom stereocenters. The Labute approximate surface area is 84.2 Å². The molecule has 0 radical (unpaired) electrons. The van der Waals surface area contributed by atoms with Crippen LogP contribution < -0.4 is 0 Å². The minimum absolute atomic E-state index is 0.140. The van der Waals surface area contributed by atoms with Crippen molar-refractivity contribution >= 4 is 0 Å². The molecule has 0 N–H and O–H groups in total. The van der Waals surface area contributed by atoms with Gasteiger partial charge in [0.25, 0.3) is 0 Å². The third-order valence-corrected chi connectivity index (χ3v) is 2.04. The molecule has 0 bridgehead atoms. The summed E-state index contributed by atoms with van der Waals surface area (Å²) in [5, 5.41) is 0. The van der Waals surface area contributed by atoms with Gasteiger partial charge in [-0.05, 0) is 32.1 Å². The molecule has 0 atom stereocenters. The quantitative estimate of drug-likeness (QED) is 0.574. The van der Waals surface area contributed by atoms with E-state index < -0.39 is 12.6 Å². The van der Waals surface area contributed by atoms with Gasteiger partial charge in [-0.25, -0.2) is 0 Å². The maximum absolute atomic E-state index is 11.8. The fraction of sp³-hybridized carbons (Fsp3) is 0.818. The van der Waals surface area contributed by atoms with E-state index in [1.165, 1.54) is 0 Å². The standard InChI is InChI=1S/C11H19F3/c1-9(2)5-4-6-10(3)7-8-11(12,13)14/h6,9H,4-5,7-8H2,1-3H3/b10-6-. The molecule has 0 aromatic rings. The monoisotopic (exact) mass is 208 g/mol. The molecule has 0 aliphatic carbocycles. The minimum atomic E-state index is -4.02. The highest BCUT2D eigenvalue weighted by molar-refractivity contribution is 4.98. The molecule has 0 nitrogen and oxygen atoms in total. The van der Waals surface area contributed by atoms with E-state index in [9.17, 15) is 13.2 Å². The Morgan fingerprint density at radius 3 is 2.29 bits per heavy atom. The second-order valence-corrected chi connectivity index (χ2v) is 4.14. The van der Waals surface area contributed by atoms with Crippen LogP contribution in [-0.2, 0) is 0 Å². The second kappa shape index (κ2) is 6.10. The summed E-state index contributed by atoms with van der Waals surface area (Å²) in [6.07, 6.45) is -0.720. The lowest BCUT2D eigenvalue weighted by Gasteiger charge is -2.06. The van der Waals surface area contributed by atoms with Gasteiger partial charge in [0.2, 0.25) is 0 Å². The number of alkyl halides is 3. The predicted molar refractivity (Wildman–Crippen MR) is 53.1 cm³/mol. The van der Waals surface area contributed by atoms with Gasteiger partial charge >= 0.3 is 6.18 Å². The van der Waals surface area contributed by atoms with Gasteiger partial charge in [0, 0.05) is 6.42 Å². The topological polar surface area (TPSA) is 0 Å². The van der Waals surface area contributed by atoms with Crippen LogP contribution in [0.5, 0.6) is 0 Å². The first-order valence-electron chi connectivity index (χ1n) is 5.03. The Hall–Kier alpha value is -0.470. The largest absolute Gasteiger partial charge is 0.389 e. The fourth-order valence-corrected chi connectivity index (χ4v) is 1.10. The van der Waals surface area contributed by atoms with Gasteiger partial charge < -0.3 is 0 Å². The zero-order chi connectivity index (χ0) is 11.2. The van der Waals surface area contributed by atoms with E-state index in [-0.39, 0.29) is 6.42 Å². The molecule has 0 saturated heterocycles. The van der Waals surface area contributed by atoms with Crippen LogP contribution >= 0.6 is 0 Å². The summed E-state index contributed by atoms with van der Waals surface area (Å²) in [7, 11) is 0. The number of rotatable bonds is 5. The molecular weight excluding hydrogens is 189 g/mol. The first kappa shape index (κ1) is 13.5. The van der Waals surface area contributed by atoms with Crippen LogP contribution in [0.3, 0.4) is 0 Å². The fourth-order valence-electron chi connectivity index (χ4n) is 1.10.